The highest BCUT2D eigenvalue weighted by Crippen LogP contribution is 2.15. The van der Waals surface area contributed by atoms with Crippen LogP contribution in [-0.4, -0.2) is 63.0 Å². The van der Waals surface area contributed by atoms with Gasteiger partial charge in [-0.25, -0.2) is 0 Å². The van der Waals surface area contributed by atoms with Gasteiger partial charge in [0.1, 0.15) is 0 Å². The summed E-state index contributed by atoms with van der Waals surface area (Å²) in [4.78, 5) is 2.55. The molecule has 1 fully saturated rings. The van der Waals surface area contributed by atoms with Crippen LogP contribution in [-0.2, 0) is 9.47 Å². The fourth-order valence-electron chi connectivity index (χ4n) is 2.62. The van der Waals surface area contributed by atoms with E-state index in [0.29, 0.717) is 12.1 Å². The highest BCUT2D eigenvalue weighted by atomic mass is 16.5. The number of hydrogen-bond acceptors (Lipinski definition) is 4. The van der Waals surface area contributed by atoms with Gasteiger partial charge in [0.15, 0.2) is 0 Å². The molecule has 4 nitrogen and oxygen atoms in total. The van der Waals surface area contributed by atoms with E-state index >= 15 is 0 Å². The van der Waals surface area contributed by atoms with E-state index in [4.69, 9.17) is 9.47 Å². The van der Waals surface area contributed by atoms with Crippen LogP contribution in [0.2, 0.25) is 0 Å². The Hall–Kier alpha value is -0.160. The Morgan fingerprint density at radius 3 is 2.89 bits per heavy atom. The number of nitrogens with one attached hydrogen (secondary N) is 1. The summed E-state index contributed by atoms with van der Waals surface area (Å²) in [7, 11) is 0. The van der Waals surface area contributed by atoms with Gasteiger partial charge in [0.2, 0.25) is 0 Å². The van der Waals surface area contributed by atoms with Gasteiger partial charge in [0, 0.05) is 39.0 Å². The molecule has 0 aromatic heterocycles. The van der Waals surface area contributed by atoms with Gasteiger partial charge in [0.05, 0.1) is 6.10 Å². The van der Waals surface area contributed by atoms with Crippen LogP contribution in [0.4, 0.5) is 0 Å². The molecule has 1 saturated heterocycles. The van der Waals surface area contributed by atoms with Gasteiger partial charge in [-0.3, -0.25) is 4.90 Å². The first-order chi connectivity index (χ1) is 9.27. The zero-order valence-corrected chi connectivity index (χ0v) is 13.0. The molecule has 1 aliphatic heterocycles. The van der Waals surface area contributed by atoms with E-state index in [1.165, 1.54) is 19.4 Å². The topological polar surface area (TPSA) is 33.7 Å². The zero-order chi connectivity index (χ0) is 13.9. The van der Waals surface area contributed by atoms with E-state index in [-0.39, 0.29) is 0 Å². The Morgan fingerprint density at radius 1 is 1.32 bits per heavy atom. The molecule has 0 bridgehead atoms. The third-order valence-corrected chi connectivity index (χ3v) is 3.72. The van der Waals surface area contributed by atoms with E-state index in [0.717, 1.165) is 45.9 Å². The van der Waals surface area contributed by atoms with Crippen molar-refractivity contribution in [1.82, 2.24) is 10.2 Å². The summed E-state index contributed by atoms with van der Waals surface area (Å²) in [5, 5.41) is 3.53. The van der Waals surface area contributed by atoms with Crippen LogP contribution in [0.15, 0.2) is 0 Å². The van der Waals surface area contributed by atoms with E-state index in [1.807, 2.05) is 6.92 Å². The highest BCUT2D eigenvalue weighted by Gasteiger charge is 2.23. The molecule has 1 heterocycles. The minimum absolute atomic E-state index is 0.444. The Morgan fingerprint density at radius 2 is 2.16 bits per heavy atom. The third kappa shape index (κ3) is 7.25. The van der Waals surface area contributed by atoms with Crippen molar-refractivity contribution >= 4 is 0 Å². The van der Waals surface area contributed by atoms with Gasteiger partial charge < -0.3 is 14.8 Å². The molecule has 19 heavy (non-hydrogen) atoms. The van der Waals surface area contributed by atoms with Crippen LogP contribution in [0.5, 0.6) is 0 Å². The number of nitrogens with zero attached hydrogens (tertiary/aromatic N) is 1. The SMILES string of the molecule is CCOCCCNCC(C)N1CCCC(OCC)C1. The quantitative estimate of drug-likeness (QED) is 0.616. The fraction of sp³-hybridized carbons (Fsp3) is 1.00. The summed E-state index contributed by atoms with van der Waals surface area (Å²) in [5.74, 6) is 0. The van der Waals surface area contributed by atoms with E-state index in [9.17, 15) is 0 Å². The molecule has 1 aliphatic rings. The standard InChI is InChI=1S/C15H32N2O2/c1-4-18-11-7-9-16-12-14(3)17-10-6-8-15(13-17)19-5-2/h14-16H,4-13H2,1-3H3. The van der Waals surface area contributed by atoms with Gasteiger partial charge in [-0.05, 0) is 53.1 Å². The first kappa shape index (κ1) is 16.9. The minimum Gasteiger partial charge on any atom is -0.382 e. The predicted molar refractivity (Wildman–Crippen MR) is 79.7 cm³/mol. The molecule has 2 atom stereocenters. The van der Waals surface area contributed by atoms with Gasteiger partial charge in [-0.1, -0.05) is 0 Å². The van der Waals surface area contributed by atoms with Crippen molar-refractivity contribution in [3.8, 4) is 0 Å². The maximum Gasteiger partial charge on any atom is 0.0702 e. The molecule has 4 heteroatoms. The molecular weight excluding hydrogens is 240 g/mol. The van der Waals surface area contributed by atoms with E-state index in [2.05, 4.69) is 24.1 Å². The average Bonchev–Trinajstić information content (AvgIpc) is 2.43. The number of piperidine rings is 1. The monoisotopic (exact) mass is 272 g/mol. The normalized spacial score (nSPS) is 22.6. The Kier molecular flexibility index (Phi) is 9.43. The second-order valence-electron chi connectivity index (χ2n) is 5.32. The number of ether oxygens (including phenoxy) is 2. The lowest BCUT2D eigenvalue weighted by atomic mass is 10.1. The maximum atomic E-state index is 5.75. The Balaban J connectivity index is 2.09. The van der Waals surface area contributed by atoms with E-state index < -0.39 is 0 Å². The lowest BCUT2D eigenvalue weighted by Crippen LogP contribution is -2.48. The Labute approximate surface area is 118 Å². The largest absolute Gasteiger partial charge is 0.382 e. The van der Waals surface area contributed by atoms with Crippen LogP contribution in [0.25, 0.3) is 0 Å². The second kappa shape index (κ2) is 10.6. The van der Waals surface area contributed by atoms with E-state index in [1.54, 1.807) is 0 Å². The van der Waals surface area contributed by atoms with Crippen molar-refractivity contribution in [2.75, 3.05) is 46.0 Å². The first-order valence-electron chi connectivity index (χ1n) is 7.92. The lowest BCUT2D eigenvalue weighted by Gasteiger charge is -2.36. The zero-order valence-electron chi connectivity index (χ0n) is 13.0. The molecule has 0 amide bonds. The molecule has 1 rings (SSSR count). The first-order valence-corrected chi connectivity index (χ1v) is 7.92. The predicted octanol–water partition coefficient (Wildman–Crippen LogP) is 1.89. The van der Waals surface area contributed by atoms with Crippen molar-refractivity contribution in [3.63, 3.8) is 0 Å². The van der Waals surface area contributed by atoms with Crippen LogP contribution < -0.4 is 5.32 Å². The summed E-state index contributed by atoms with van der Waals surface area (Å²) in [6.45, 7) is 13.4. The van der Waals surface area contributed by atoms with Gasteiger partial charge >= 0.3 is 0 Å². The van der Waals surface area contributed by atoms with Crippen molar-refractivity contribution in [2.45, 2.75) is 52.2 Å². The molecule has 0 aromatic carbocycles. The second-order valence-corrected chi connectivity index (χ2v) is 5.32. The van der Waals surface area contributed by atoms with Crippen LogP contribution in [0.3, 0.4) is 0 Å². The molecule has 0 aliphatic carbocycles. The van der Waals surface area contributed by atoms with Crippen molar-refractivity contribution in [2.24, 2.45) is 0 Å². The molecule has 114 valence electrons. The molecule has 2 unspecified atom stereocenters. The maximum absolute atomic E-state index is 5.75. The summed E-state index contributed by atoms with van der Waals surface area (Å²) >= 11 is 0. The van der Waals surface area contributed by atoms with Crippen LogP contribution in [0.1, 0.15) is 40.0 Å². The van der Waals surface area contributed by atoms with Crippen molar-refractivity contribution < 1.29 is 9.47 Å². The summed E-state index contributed by atoms with van der Waals surface area (Å²) < 4.78 is 11.1. The summed E-state index contributed by atoms with van der Waals surface area (Å²) in [5.41, 5.74) is 0. The third-order valence-electron chi connectivity index (χ3n) is 3.72. The molecule has 1 N–H and O–H groups in total. The summed E-state index contributed by atoms with van der Waals surface area (Å²) in [6.07, 6.45) is 4.03. The highest BCUT2D eigenvalue weighted by molar-refractivity contribution is 4.78. The van der Waals surface area contributed by atoms with Crippen LogP contribution >= 0.6 is 0 Å². The van der Waals surface area contributed by atoms with Crippen molar-refractivity contribution in [3.05, 3.63) is 0 Å². The van der Waals surface area contributed by atoms with Crippen LogP contribution in [0, 0.1) is 0 Å². The van der Waals surface area contributed by atoms with Gasteiger partial charge in [0.25, 0.3) is 0 Å². The van der Waals surface area contributed by atoms with Gasteiger partial charge in [-0.15, -0.1) is 0 Å². The molecule has 0 radical (unpaired) electrons. The van der Waals surface area contributed by atoms with Gasteiger partial charge in [-0.2, -0.15) is 0 Å². The molecule has 0 saturated carbocycles. The average molecular weight is 272 g/mol. The number of rotatable bonds is 10. The minimum atomic E-state index is 0.444. The smallest absolute Gasteiger partial charge is 0.0702 e. The lowest BCUT2D eigenvalue weighted by molar-refractivity contribution is -0.00488. The molecule has 0 spiro atoms. The Bertz CT molecular complexity index is 212. The number of hydrogen-bond donors (Lipinski definition) is 1. The fourth-order valence-corrected chi connectivity index (χ4v) is 2.62. The molecular formula is C15H32N2O2. The summed E-state index contributed by atoms with van der Waals surface area (Å²) in [6, 6.07) is 0.593. The number of likely N-dealkylation sites (tertiary alicyclic amines) is 1. The molecule has 0 aromatic rings. The van der Waals surface area contributed by atoms with Crippen molar-refractivity contribution in [1.29, 1.82) is 0 Å².